The Kier molecular flexibility index (Phi) is 16.5. The molecule has 0 aliphatic rings. The third-order valence-electron chi connectivity index (χ3n) is 4.01. The minimum Gasteiger partial charge on any atom is -0.481 e. The normalized spacial score (nSPS) is 13.4. The maximum atomic E-state index is 11.1. The summed E-state index contributed by atoms with van der Waals surface area (Å²) < 4.78 is 0. The Morgan fingerprint density at radius 1 is 0.917 bits per heavy atom. The smallest absolute Gasteiger partial charge is 0.303 e. The zero-order chi connectivity index (χ0) is 19.1. The molecule has 0 bridgehead atoms. The lowest BCUT2D eigenvalue weighted by Gasteiger charge is -2.15. The van der Waals surface area contributed by atoms with Gasteiger partial charge >= 0.3 is 5.97 Å². The third kappa shape index (κ3) is 17.5. The molecule has 4 heteroatoms. The van der Waals surface area contributed by atoms with Crippen LogP contribution in [0.2, 0.25) is 0 Å². The largest absolute Gasteiger partial charge is 0.481 e. The first kappa shape index (κ1) is 25.3. The molecule has 0 aromatic heterocycles. The van der Waals surface area contributed by atoms with E-state index in [1.807, 2.05) is 6.92 Å². The van der Waals surface area contributed by atoms with Gasteiger partial charge in [-0.2, -0.15) is 0 Å². The monoisotopic (exact) mass is 343 g/mol. The van der Waals surface area contributed by atoms with E-state index in [0.717, 1.165) is 25.7 Å². The lowest BCUT2D eigenvalue weighted by Crippen LogP contribution is -2.19. The first-order valence-electron chi connectivity index (χ1n) is 9.59. The first-order valence-corrected chi connectivity index (χ1v) is 9.59. The average Bonchev–Trinajstić information content (AvgIpc) is 2.45. The summed E-state index contributed by atoms with van der Waals surface area (Å²) in [6, 6.07) is 0. The van der Waals surface area contributed by atoms with Crippen LogP contribution >= 0.6 is 0 Å². The van der Waals surface area contributed by atoms with Gasteiger partial charge in [-0.25, -0.2) is 0 Å². The number of nitrogens with two attached hydrogens (primary N) is 1. The van der Waals surface area contributed by atoms with Crippen molar-refractivity contribution in [1.82, 2.24) is 0 Å². The predicted molar refractivity (Wildman–Crippen MR) is 102 cm³/mol. The SMILES string of the molecule is CCC(=O)CC(CN)CC(C)C.CCCC(CC(=O)O)CC(C)C. The van der Waals surface area contributed by atoms with Crippen LogP contribution in [-0.2, 0) is 9.59 Å². The van der Waals surface area contributed by atoms with Gasteiger partial charge in [-0.1, -0.05) is 54.4 Å². The van der Waals surface area contributed by atoms with E-state index >= 15 is 0 Å². The molecule has 0 aliphatic heterocycles. The van der Waals surface area contributed by atoms with Gasteiger partial charge in [0, 0.05) is 19.3 Å². The molecule has 0 aliphatic carbocycles. The highest BCUT2D eigenvalue weighted by molar-refractivity contribution is 5.78. The fourth-order valence-corrected chi connectivity index (χ4v) is 3.02. The first-order chi connectivity index (χ1) is 11.2. The molecule has 3 N–H and O–H groups in total. The van der Waals surface area contributed by atoms with E-state index < -0.39 is 5.97 Å². The molecule has 0 saturated heterocycles. The fourth-order valence-electron chi connectivity index (χ4n) is 3.02. The summed E-state index contributed by atoms with van der Waals surface area (Å²) in [6.45, 7) is 13.3. The zero-order valence-electron chi connectivity index (χ0n) is 16.8. The molecule has 0 fully saturated rings. The summed E-state index contributed by atoms with van der Waals surface area (Å²) in [5.41, 5.74) is 5.57. The van der Waals surface area contributed by atoms with Crippen molar-refractivity contribution in [3.8, 4) is 0 Å². The van der Waals surface area contributed by atoms with Crippen LogP contribution in [0.1, 0.15) is 86.5 Å². The summed E-state index contributed by atoms with van der Waals surface area (Å²) in [6.07, 6.45) is 5.91. The summed E-state index contributed by atoms with van der Waals surface area (Å²) in [5.74, 6) is 1.72. The molecule has 0 amide bonds. The molecular formula is C20H41NO3. The van der Waals surface area contributed by atoms with Crippen LogP contribution in [0.4, 0.5) is 0 Å². The number of carbonyl (C=O) groups excluding carboxylic acids is 1. The van der Waals surface area contributed by atoms with Crippen LogP contribution in [0.15, 0.2) is 0 Å². The standard InChI is InChI=1S/C10H21NO.C10H20O2/c1-4-10(12)6-9(7-11)5-8(2)3;1-4-5-9(6-8(2)3)7-10(11)12/h8-9H,4-7,11H2,1-3H3;8-9H,4-7H2,1-3H3,(H,11,12). The minimum absolute atomic E-state index is 0.339. The highest BCUT2D eigenvalue weighted by Gasteiger charge is 2.13. The van der Waals surface area contributed by atoms with E-state index in [0.29, 0.717) is 55.3 Å². The summed E-state index contributed by atoms with van der Waals surface area (Å²) in [7, 11) is 0. The number of hydrogen-bond donors (Lipinski definition) is 2. The van der Waals surface area contributed by atoms with Crippen molar-refractivity contribution in [3.63, 3.8) is 0 Å². The lowest BCUT2D eigenvalue weighted by molar-refractivity contribution is -0.138. The van der Waals surface area contributed by atoms with Crippen molar-refractivity contribution in [2.75, 3.05) is 6.54 Å². The maximum Gasteiger partial charge on any atom is 0.303 e. The maximum absolute atomic E-state index is 11.1. The Morgan fingerprint density at radius 3 is 1.75 bits per heavy atom. The number of carboxylic acids is 1. The molecular weight excluding hydrogens is 302 g/mol. The minimum atomic E-state index is -0.658. The Balaban J connectivity index is 0. The van der Waals surface area contributed by atoms with Crippen molar-refractivity contribution in [3.05, 3.63) is 0 Å². The molecule has 0 rings (SSSR count). The molecule has 0 heterocycles. The number of Topliss-reactive ketones (excluding diaryl/α,β-unsaturated/α-hetero) is 1. The van der Waals surface area contributed by atoms with Crippen LogP contribution in [0.25, 0.3) is 0 Å². The lowest BCUT2D eigenvalue weighted by atomic mass is 9.90. The van der Waals surface area contributed by atoms with Gasteiger partial charge in [0.15, 0.2) is 0 Å². The second kappa shape index (κ2) is 15.6. The van der Waals surface area contributed by atoms with Crippen molar-refractivity contribution in [1.29, 1.82) is 0 Å². The van der Waals surface area contributed by atoms with Gasteiger partial charge in [0.2, 0.25) is 0 Å². The van der Waals surface area contributed by atoms with E-state index in [2.05, 4.69) is 34.6 Å². The molecule has 0 radical (unpaired) electrons. The van der Waals surface area contributed by atoms with Gasteiger partial charge in [-0.15, -0.1) is 0 Å². The highest BCUT2D eigenvalue weighted by atomic mass is 16.4. The summed E-state index contributed by atoms with van der Waals surface area (Å²) >= 11 is 0. The number of carboxylic acid groups (broad SMARTS) is 1. The van der Waals surface area contributed by atoms with Crippen LogP contribution in [0.3, 0.4) is 0 Å². The Morgan fingerprint density at radius 2 is 1.42 bits per heavy atom. The van der Waals surface area contributed by atoms with Gasteiger partial charge in [-0.05, 0) is 43.1 Å². The second-order valence-electron chi connectivity index (χ2n) is 7.71. The van der Waals surface area contributed by atoms with Crippen molar-refractivity contribution < 1.29 is 14.7 Å². The summed E-state index contributed by atoms with van der Waals surface area (Å²) in [4.78, 5) is 21.6. The van der Waals surface area contributed by atoms with Crippen LogP contribution < -0.4 is 5.73 Å². The number of ketones is 1. The van der Waals surface area contributed by atoms with Crippen molar-refractivity contribution in [2.24, 2.45) is 29.4 Å². The molecule has 144 valence electrons. The van der Waals surface area contributed by atoms with Gasteiger partial charge < -0.3 is 10.8 Å². The average molecular weight is 344 g/mol. The molecule has 4 nitrogen and oxygen atoms in total. The second-order valence-corrected chi connectivity index (χ2v) is 7.71. The molecule has 24 heavy (non-hydrogen) atoms. The molecule has 0 aromatic carbocycles. The topological polar surface area (TPSA) is 80.4 Å². The van der Waals surface area contributed by atoms with Crippen molar-refractivity contribution >= 4 is 11.8 Å². The van der Waals surface area contributed by atoms with Gasteiger partial charge in [0.1, 0.15) is 5.78 Å². The van der Waals surface area contributed by atoms with E-state index in [1.54, 1.807) is 0 Å². The zero-order valence-corrected chi connectivity index (χ0v) is 16.8. The Hall–Kier alpha value is -0.900. The highest BCUT2D eigenvalue weighted by Crippen LogP contribution is 2.20. The molecule has 0 aromatic rings. The molecule has 2 unspecified atom stereocenters. The van der Waals surface area contributed by atoms with E-state index in [4.69, 9.17) is 10.8 Å². The molecule has 0 saturated carbocycles. The third-order valence-corrected chi connectivity index (χ3v) is 4.01. The Bertz CT molecular complexity index is 327. The molecule has 2 atom stereocenters. The Labute approximate surface area is 149 Å². The summed E-state index contributed by atoms with van der Waals surface area (Å²) in [5, 5.41) is 8.62. The van der Waals surface area contributed by atoms with E-state index in [9.17, 15) is 9.59 Å². The van der Waals surface area contributed by atoms with Gasteiger partial charge in [0.05, 0.1) is 0 Å². The predicted octanol–water partition coefficient (Wildman–Crippen LogP) is 4.90. The van der Waals surface area contributed by atoms with Gasteiger partial charge in [-0.3, -0.25) is 9.59 Å². The number of carbonyl (C=O) groups is 2. The van der Waals surface area contributed by atoms with Crippen LogP contribution in [0.5, 0.6) is 0 Å². The quantitative estimate of drug-likeness (QED) is 0.528. The van der Waals surface area contributed by atoms with Crippen LogP contribution in [-0.4, -0.2) is 23.4 Å². The van der Waals surface area contributed by atoms with Gasteiger partial charge in [0.25, 0.3) is 0 Å². The van der Waals surface area contributed by atoms with E-state index in [-0.39, 0.29) is 0 Å². The van der Waals surface area contributed by atoms with E-state index in [1.165, 1.54) is 0 Å². The number of aliphatic carboxylic acids is 1. The van der Waals surface area contributed by atoms with Crippen molar-refractivity contribution in [2.45, 2.75) is 86.5 Å². The number of rotatable bonds is 12. The fraction of sp³-hybridized carbons (Fsp3) is 0.900. The van der Waals surface area contributed by atoms with Crippen LogP contribution in [0, 0.1) is 23.7 Å². The molecule has 0 spiro atoms. The number of hydrogen-bond acceptors (Lipinski definition) is 3.